The Bertz CT molecular complexity index is 521. The van der Waals surface area contributed by atoms with Gasteiger partial charge in [-0.15, -0.1) is 10.2 Å². The number of aromatic amines is 1. The molecule has 2 aromatic rings. The minimum Gasteiger partial charge on any atom is -0.467 e. The predicted molar refractivity (Wildman–Crippen MR) is 65.9 cm³/mol. The maximum absolute atomic E-state index is 12.1. The summed E-state index contributed by atoms with van der Waals surface area (Å²) in [6.45, 7) is 2.28. The zero-order valence-electron chi connectivity index (χ0n) is 10.6. The van der Waals surface area contributed by atoms with Crippen LogP contribution in [-0.2, 0) is 6.54 Å². The second-order valence-corrected chi connectivity index (χ2v) is 4.09. The van der Waals surface area contributed by atoms with E-state index in [-0.39, 0.29) is 18.5 Å². The summed E-state index contributed by atoms with van der Waals surface area (Å²) >= 11 is 0. The van der Waals surface area contributed by atoms with E-state index in [0.717, 1.165) is 12.8 Å². The van der Waals surface area contributed by atoms with Gasteiger partial charge in [0.1, 0.15) is 12.0 Å². The van der Waals surface area contributed by atoms with Crippen LogP contribution in [0.1, 0.15) is 47.7 Å². The Morgan fingerprint density at radius 3 is 3.05 bits per heavy atom. The fraction of sp³-hybridized carbons (Fsp3) is 0.455. The third-order valence-electron chi connectivity index (χ3n) is 2.67. The van der Waals surface area contributed by atoms with Crippen LogP contribution in [0, 0.1) is 0 Å². The van der Waals surface area contributed by atoms with Crippen LogP contribution in [0.2, 0.25) is 0 Å². The summed E-state index contributed by atoms with van der Waals surface area (Å²) in [4.78, 5) is 12.1. The van der Waals surface area contributed by atoms with Gasteiger partial charge in [0.2, 0.25) is 0 Å². The van der Waals surface area contributed by atoms with Crippen LogP contribution in [-0.4, -0.2) is 26.5 Å². The highest BCUT2D eigenvalue weighted by Crippen LogP contribution is 2.15. The normalized spacial score (nSPS) is 12.3. The Kier molecular flexibility index (Phi) is 4.24. The number of H-pyrrole nitrogens is 1. The summed E-state index contributed by atoms with van der Waals surface area (Å²) in [5, 5.41) is 16.5. The topological polar surface area (TPSA) is 123 Å². The van der Waals surface area contributed by atoms with E-state index in [1.54, 1.807) is 6.07 Å². The van der Waals surface area contributed by atoms with Crippen LogP contribution >= 0.6 is 0 Å². The monoisotopic (exact) mass is 264 g/mol. The average Bonchev–Trinajstić information content (AvgIpc) is 3.09. The van der Waals surface area contributed by atoms with Crippen molar-refractivity contribution >= 4 is 5.91 Å². The molecule has 0 radical (unpaired) electrons. The molecule has 0 fully saturated rings. The van der Waals surface area contributed by atoms with Crippen molar-refractivity contribution in [2.24, 2.45) is 5.73 Å². The van der Waals surface area contributed by atoms with E-state index in [4.69, 9.17) is 10.2 Å². The third kappa shape index (κ3) is 3.16. The number of rotatable bonds is 6. The molecule has 4 N–H and O–H groups in total. The number of aromatic nitrogens is 4. The number of nitrogens with one attached hydrogen (secondary N) is 2. The lowest BCUT2D eigenvalue weighted by Crippen LogP contribution is -2.29. The lowest BCUT2D eigenvalue weighted by molar-refractivity contribution is 0.0932. The molecule has 0 spiro atoms. The summed E-state index contributed by atoms with van der Waals surface area (Å²) in [7, 11) is 0. The second-order valence-electron chi connectivity index (χ2n) is 4.09. The summed E-state index contributed by atoms with van der Waals surface area (Å²) in [6.07, 6.45) is 3.00. The van der Waals surface area contributed by atoms with Crippen LogP contribution in [0.15, 0.2) is 16.7 Å². The van der Waals surface area contributed by atoms with Crippen LogP contribution in [0.25, 0.3) is 0 Å². The van der Waals surface area contributed by atoms with Crippen LogP contribution in [0.5, 0.6) is 0 Å². The van der Waals surface area contributed by atoms with Crippen LogP contribution in [0.4, 0.5) is 0 Å². The van der Waals surface area contributed by atoms with Gasteiger partial charge in [0.05, 0.1) is 18.2 Å². The lowest BCUT2D eigenvalue weighted by atomic mass is 10.1. The highest BCUT2D eigenvalue weighted by molar-refractivity contribution is 5.94. The molecule has 2 rings (SSSR count). The van der Waals surface area contributed by atoms with Gasteiger partial charge in [-0.3, -0.25) is 4.79 Å². The van der Waals surface area contributed by atoms with E-state index in [0.29, 0.717) is 17.1 Å². The summed E-state index contributed by atoms with van der Waals surface area (Å²) in [6, 6.07) is 1.35. The highest BCUT2D eigenvalue weighted by atomic mass is 16.3. The lowest BCUT2D eigenvalue weighted by Gasteiger charge is -2.13. The molecule has 0 aliphatic rings. The minimum absolute atomic E-state index is 0.244. The zero-order valence-corrected chi connectivity index (χ0v) is 10.6. The number of tetrazole rings is 1. The van der Waals surface area contributed by atoms with Crippen molar-refractivity contribution in [2.75, 3.05) is 0 Å². The molecule has 2 aromatic heterocycles. The maximum Gasteiger partial charge on any atom is 0.255 e. The number of furan rings is 1. The van der Waals surface area contributed by atoms with Gasteiger partial charge in [0.15, 0.2) is 5.82 Å². The van der Waals surface area contributed by atoms with E-state index in [9.17, 15) is 4.79 Å². The molecule has 1 atom stereocenters. The molecule has 102 valence electrons. The molecule has 0 saturated heterocycles. The predicted octanol–water partition coefficient (Wildman–Crippen LogP) is 0.523. The van der Waals surface area contributed by atoms with Gasteiger partial charge >= 0.3 is 0 Å². The Morgan fingerprint density at radius 2 is 2.47 bits per heavy atom. The molecule has 2 heterocycles. The fourth-order valence-electron chi connectivity index (χ4n) is 1.72. The fourth-order valence-corrected chi connectivity index (χ4v) is 1.72. The number of nitrogens with two attached hydrogens (primary N) is 1. The first-order chi connectivity index (χ1) is 9.24. The van der Waals surface area contributed by atoms with Crippen molar-refractivity contribution in [2.45, 2.75) is 32.4 Å². The summed E-state index contributed by atoms with van der Waals surface area (Å²) < 4.78 is 5.13. The standard InChI is InChI=1S/C11H16N6O2/c1-2-3-9(10-14-16-17-15-10)13-11(18)7-4-8(5-12)19-6-7/h4,6,9H,2-3,5,12H2,1H3,(H,13,18)(H,14,15,16,17). The number of carbonyl (C=O) groups is 1. The molecule has 19 heavy (non-hydrogen) atoms. The zero-order chi connectivity index (χ0) is 13.7. The largest absolute Gasteiger partial charge is 0.467 e. The van der Waals surface area contributed by atoms with Gasteiger partial charge in [-0.05, 0) is 12.5 Å². The first-order valence-corrected chi connectivity index (χ1v) is 6.06. The molecule has 1 unspecified atom stereocenters. The van der Waals surface area contributed by atoms with Gasteiger partial charge in [0.25, 0.3) is 5.91 Å². The number of hydrogen-bond acceptors (Lipinski definition) is 6. The first-order valence-electron chi connectivity index (χ1n) is 6.06. The Morgan fingerprint density at radius 1 is 1.63 bits per heavy atom. The van der Waals surface area contributed by atoms with E-state index in [1.807, 2.05) is 6.92 Å². The van der Waals surface area contributed by atoms with Crippen molar-refractivity contribution < 1.29 is 9.21 Å². The van der Waals surface area contributed by atoms with Crippen molar-refractivity contribution in [3.8, 4) is 0 Å². The van der Waals surface area contributed by atoms with Crippen LogP contribution in [0.3, 0.4) is 0 Å². The average molecular weight is 264 g/mol. The van der Waals surface area contributed by atoms with Gasteiger partial charge in [0, 0.05) is 0 Å². The molecule has 8 heteroatoms. The molecule has 0 bridgehead atoms. The minimum atomic E-state index is -0.271. The van der Waals surface area contributed by atoms with Crippen molar-refractivity contribution in [3.63, 3.8) is 0 Å². The van der Waals surface area contributed by atoms with Crippen molar-refractivity contribution in [1.29, 1.82) is 0 Å². The third-order valence-corrected chi connectivity index (χ3v) is 2.67. The van der Waals surface area contributed by atoms with Crippen molar-refractivity contribution in [3.05, 3.63) is 29.5 Å². The SMILES string of the molecule is CCCC(NC(=O)c1coc(CN)c1)c1nn[nH]n1. The quantitative estimate of drug-likeness (QED) is 0.699. The number of amides is 1. The molecule has 0 saturated carbocycles. The molecular weight excluding hydrogens is 248 g/mol. The van der Waals surface area contributed by atoms with E-state index in [2.05, 4.69) is 25.9 Å². The van der Waals surface area contributed by atoms with Crippen LogP contribution < -0.4 is 11.1 Å². The van der Waals surface area contributed by atoms with Gasteiger partial charge in [-0.1, -0.05) is 18.6 Å². The smallest absolute Gasteiger partial charge is 0.255 e. The molecular formula is C11H16N6O2. The molecule has 8 nitrogen and oxygen atoms in total. The first kappa shape index (κ1) is 13.2. The Hall–Kier alpha value is -2.22. The highest BCUT2D eigenvalue weighted by Gasteiger charge is 2.19. The molecule has 0 aliphatic heterocycles. The van der Waals surface area contributed by atoms with Gasteiger partial charge in [-0.2, -0.15) is 5.21 Å². The Balaban J connectivity index is 2.06. The second kappa shape index (κ2) is 6.10. The summed E-state index contributed by atoms with van der Waals surface area (Å²) in [5.74, 6) is 0.793. The number of hydrogen-bond donors (Lipinski definition) is 3. The van der Waals surface area contributed by atoms with E-state index < -0.39 is 0 Å². The molecule has 0 aliphatic carbocycles. The Labute approximate surface area is 109 Å². The summed E-state index contributed by atoms with van der Waals surface area (Å²) in [5.41, 5.74) is 5.87. The molecule has 1 amide bonds. The number of carbonyl (C=O) groups excluding carboxylic acids is 1. The maximum atomic E-state index is 12.1. The van der Waals surface area contributed by atoms with Gasteiger partial charge in [-0.25, -0.2) is 0 Å². The van der Waals surface area contributed by atoms with E-state index >= 15 is 0 Å². The van der Waals surface area contributed by atoms with Crippen molar-refractivity contribution in [1.82, 2.24) is 25.9 Å². The molecule has 0 aromatic carbocycles. The number of nitrogens with zero attached hydrogens (tertiary/aromatic N) is 3. The van der Waals surface area contributed by atoms with E-state index in [1.165, 1.54) is 6.26 Å². The van der Waals surface area contributed by atoms with Gasteiger partial charge < -0.3 is 15.5 Å².